The van der Waals surface area contributed by atoms with Gasteiger partial charge in [-0.3, -0.25) is 0 Å². The molecule has 2 aromatic rings. The molecule has 0 saturated heterocycles. The summed E-state index contributed by atoms with van der Waals surface area (Å²) in [6, 6.07) is 19.2. The predicted octanol–water partition coefficient (Wildman–Crippen LogP) is 4.64. The summed E-state index contributed by atoms with van der Waals surface area (Å²) < 4.78 is 0. The van der Waals surface area contributed by atoms with Gasteiger partial charge in [0.1, 0.15) is 5.75 Å². The summed E-state index contributed by atoms with van der Waals surface area (Å²) in [4.78, 5) is 0. The van der Waals surface area contributed by atoms with Gasteiger partial charge in [-0.05, 0) is 68.2 Å². The number of benzene rings is 2. The van der Waals surface area contributed by atoms with Crippen molar-refractivity contribution in [3.05, 3.63) is 65.7 Å². The van der Waals surface area contributed by atoms with Crippen LogP contribution in [0.2, 0.25) is 0 Å². The summed E-state index contributed by atoms with van der Waals surface area (Å²) in [5.41, 5.74) is 2.56. The van der Waals surface area contributed by atoms with Crippen LogP contribution in [0, 0.1) is 0 Å². The highest BCUT2D eigenvalue weighted by Crippen LogP contribution is 2.36. The minimum atomic E-state index is 0.465. The van der Waals surface area contributed by atoms with Crippen molar-refractivity contribution in [1.82, 2.24) is 5.32 Å². The van der Waals surface area contributed by atoms with Crippen LogP contribution in [0.5, 0.6) is 5.75 Å². The maximum atomic E-state index is 9.99. The van der Waals surface area contributed by atoms with E-state index in [9.17, 15) is 5.11 Å². The molecule has 2 aromatic carbocycles. The number of para-hydroxylation sites is 1. The van der Waals surface area contributed by atoms with E-state index in [0.717, 1.165) is 18.5 Å². The van der Waals surface area contributed by atoms with E-state index in [1.165, 1.54) is 37.7 Å². The minimum Gasteiger partial charge on any atom is -0.508 e. The van der Waals surface area contributed by atoms with Gasteiger partial charge in [-0.25, -0.2) is 0 Å². The lowest BCUT2D eigenvalue weighted by Crippen LogP contribution is -2.33. The Morgan fingerprint density at radius 3 is 2.30 bits per heavy atom. The van der Waals surface area contributed by atoms with E-state index in [1.54, 1.807) is 0 Å². The van der Waals surface area contributed by atoms with Crippen LogP contribution in [-0.2, 0) is 6.42 Å². The number of hydrogen-bond donors (Lipinski definition) is 2. The van der Waals surface area contributed by atoms with Gasteiger partial charge in [0, 0.05) is 6.04 Å². The third-order valence-electron chi connectivity index (χ3n) is 5.02. The van der Waals surface area contributed by atoms with Crippen molar-refractivity contribution in [2.75, 3.05) is 6.54 Å². The second kappa shape index (κ2) is 8.16. The molecule has 0 aromatic heterocycles. The number of aryl methyl sites for hydroxylation is 1. The Balaban J connectivity index is 1.37. The third kappa shape index (κ3) is 4.59. The van der Waals surface area contributed by atoms with Crippen LogP contribution in [0.3, 0.4) is 0 Å². The molecule has 1 saturated carbocycles. The average Bonchev–Trinajstić information content (AvgIpc) is 2.61. The number of aromatic hydroxyl groups is 1. The molecule has 2 N–H and O–H groups in total. The lowest BCUT2D eigenvalue weighted by molar-refractivity contribution is 0.336. The van der Waals surface area contributed by atoms with Gasteiger partial charge in [0.2, 0.25) is 0 Å². The van der Waals surface area contributed by atoms with Crippen LogP contribution in [0.4, 0.5) is 0 Å². The Morgan fingerprint density at radius 2 is 1.57 bits per heavy atom. The summed E-state index contributed by atoms with van der Waals surface area (Å²) in [7, 11) is 0. The maximum absolute atomic E-state index is 9.99. The fraction of sp³-hybridized carbons (Fsp3) is 0.429. The fourth-order valence-electron chi connectivity index (χ4n) is 3.68. The van der Waals surface area contributed by atoms with Crippen molar-refractivity contribution in [1.29, 1.82) is 0 Å². The van der Waals surface area contributed by atoms with Crippen molar-refractivity contribution >= 4 is 0 Å². The molecule has 1 aliphatic rings. The Hall–Kier alpha value is -1.80. The highest BCUT2D eigenvalue weighted by Gasteiger charge is 2.23. The highest BCUT2D eigenvalue weighted by atomic mass is 16.3. The van der Waals surface area contributed by atoms with E-state index < -0.39 is 0 Å². The van der Waals surface area contributed by atoms with Crippen LogP contribution in [-0.4, -0.2) is 17.7 Å². The smallest absolute Gasteiger partial charge is 0.119 e. The Labute approximate surface area is 139 Å². The largest absolute Gasteiger partial charge is 0.508 e. The fourth-order valence-corrected chi connectivity index (χ4v) is 3.68. The van der Waals surface area contributed by atoms with E-state index in [4.69, 9.17) is 0 Å². The summed E-state index contributed by atoms with van der Waals surface area (Å²) in [5.74, 6) is 0.991. The molecule has 3 rings (SSSR count). The number of rotatable bonds is 6. The van der Waals surface area contributed by atoms with E-state index in [-0.39, 0.29) is 0 Å². The van der Waals surface area contributed by atoms with Crippen molar-refractivity contribution in [2.45, 2.75) is 50.5 Å². The van der Waals surface area contributed by atoms with Crippen molar-refractivity contribution in [3.63, 3.8) is 0 Å². The first-order valence-electron chi connectivity index (χ1n) is 8.88. The first kappa shape index (κ1) is 16.1. The lowest BCUT2D eigenvalue weighted by Gasteiger charge is -2.29. The van der Waals surface area contributed by atoms with Crippen molar-refractivity contribution in [3.8, 4) is 5.75 Å². The minimum absolute atomic E-state index is 0.465. The van der Waals surface area contributed by atoms with Crippen LogP contribution in [0.1, 0.15) is 49.1 Å². The first-order chi connectivity index (χ1) is 11.3. The zero-order valence-corrected chi connectivity index (χ0v) is 13.7. The van der Waals surface area contributed by atoms with Gasteiger partial charge in [-0.2, -0.15) is 0 Å². The maximum Gasteiger partial charge on any atom is 0.119 e. The number of phenols is 1. The van der Waals surface area contributed by atoms with Gasteiger partial charge >= 0.3 is 0 Å². The van der Waals surface area contributed by atoms with Gasteiger partial charge in [0.05, 0.1) is 0 Å². The summed E-state index contributed by atoms with van der Waals surface area (Å²) >= 11 is 0. The SMILES string of the molecule is Oc1ccccc1C1CCC(NCCCc2ccccc2)CC1. The zero-order valence-electron chi connectivity index (χ0n) is 13.7. The van der Waals surface area contributed by atoms with E-state index in [1.807, 2.05) is 18.2 Å². The Morgan fingerprint density at radius 1 is 0.870 bits per heavy atom. The van der Waals surface area contributed by atoms with Crippen molar-refractivity contribution < 1.29 is 5.11 Å². The van der Waals surface area contributed by atoms with Crippen LogP contribution >= 0.6 is 0 Å². The molecule has 122 valence electrons. The predicted molar refractivity (Wildman–Crippen MR) is 95.9 cm³/mol. The second-order valence-corrected chi connectivity index (χ2v) is 6.65. The van der Waals surface area contributed by atoms with Gasteiger partial charge in [-0.15, -0.1) is 0 Å². The molecule has 0 radical (unpaired) electrons. The molecule has 1 aliphatic carbocycles. The molecule has 0 aliphatic heterocycles. The molecule has 0 unspecified atom stereocenters. The Bertz CT molecular complexity index is 588. The molecule has 1 fully saturated rings. The number of hydrogen-bond acceptors (Lipinski definition) is 2. The second-order valence-electron chi connectivity index (χ2n) is 6.65. The molecule has 0 heterocycles. The van der Waals surface area contributed by atoms with Gasteiger partial charge in [-0.1, -0.05) is 48.5 Å². The van der Waals surface area contributed by atoms with Gasteiger partial charge in [0.25, 0.3) is 0 Å². The third-order valence-corrected chi connectivity index (χ3v) is 5.02. The molecular formula is C21H27NO. The molecule has 0 spiro atoms. The Kier molecular flexibility index (Phi) is 5.71. The van der Waals surface area contributed by atoms with Crippen molar-refractivity contribution in [2.24, 2.45) is 0 Å². The first-order valence-corrected chi connectivity index (χ1v) is 8.88. The normalized spacial score (nSPS) is 21.2. The van der Waals surface area contributed by atoms with Gasteiger partial charge < -0.3 is 10.4 Å². The standard InChI is InChI=1S/C21H27NO/c23-21-11-5-4-10-20(21)18-12-14-19(15-13-18)22-16-6-9-17-7-2-1-3-8-17/h1-5,7-8,10-11,18-19,22-23H,6,9,12-16H2. The van der Waals surface area contributed by atoms with Crippen LogP contribution in [0.15, 0.2) is 54.6 Å². The van der Waals surface area contributed by atoms with Crippen LogP contribution < -0.4 is 5.32 Å². The highest BCUT2D eigenvalue weighted by molar-refractivity contribution is 5.35. The van der Waals surface area contributed by atoms with Gasteiger partial charge in [0.15, 0.2) is 0 Å². The van der Waals surface area contributed by atoms with E-state index in [0.29, 0.717) is 17.7 Å². The molecule has 2 heteroatoms. The number of phenolic OH excluding ortho intramolecular Hbond substituents is 1. The quantitative estimate of drug-likeness (QED) is 0.762. The van der Waals surface area contributed by atoms with E-state index in [2.05, 4.69) is 41.7 Å². The zero-order chi connectivity index (χ0) is 15.9. The summed E-state index contributed by atoms with van der Waals surface area (Å²) in [6.45, 7) is 1.10. The monoisotopic (exact) mass is 309 g/mol. The number of nitrogens with one attached hydrogen (secondary N) is 1. The summed E-state index contributed by atoms with van der Waals surface area (Å²) in [6.07, 6.45) is 7.13. The molecule has 0 atom stereocenters. The molecule has 0 amide bonds. The average molecular weight is 309 g/mol. The van der Waals surface area contributed by atoms with E-state index >= 15 is 0 Å². The molecule has 23 heavy (non-hydrogen) atoms. The molecule has 2 nitrogen and oxygen atoms in total. The molecule has 0 bridgehead atoms. The summed E-state index contributed by atoms with van der Waals surface area (Å²) in [5, 5.41) is 13.7. The lowest BCUT2D eigenvalue weighted by atomic mass is 9.81. The molecular weight excluding hydrogens is 282 g/mol. The topological polar surface area (TPSA) is 32.3 Å². The van der Waals surface area contributed by atoms with Crippen LogP contribution in [0.25, 0.3) is 0 Å².